The minimum atomic E-state index is 1.07. The molecule has 0 saturated heterocycles. The molecule has 13 heavy (non-hydrogen) atoms. The van der Waals surface area contributed by atoms with Gasteiger partial charge in [0.2, 0.25) is 0 Å². The molecule has 0 amide bonds. The Balaban J connectivity index is 1.94. The van der Waals surface area contributed by atoms with Crippen LogP contribution < -0.4 is 0 Å². The van der Waals surface area contributed by atoms with Gasteiger partial charge < -0.3 is 0 Å². The first-order valence-corrected chi connectivity index (χ1v) is 6.08. The molecule has 3 rings (SSSR count). The third-order valence-electron chi connectivity index (χ3n) is 4.90. The number of hydrogen-bond acceptors (Lipinski definition) is 0. The Kier molecular flexibility index (Phi) is 1.63. The Labute approximate surface area is 81.4 Å². The van der Waals surface area contributed by atoms with Crippen LogP contribution in [0.1, 0.15) is 46.0 Å². The van der Waals surface area contributed by atoms with Gasteiger partial charge in [-0.25, -0.2) is 0 Å². The van der Waals surface area contributed by atoms with Crippen LogP contribution in [0.4, 0.5) is 0 Å². The average Bonchev–Trinajstić information content (AvgIpc) is 2.63. The summed E-state index contributed by atoms with van der Waals surface area (Å²) >= 11 is 0. The zero-order valence-electron chi connectivity index (χ0n) is 8.84. The molecule has 72 valence electrons. The third-order valence-corrected chi connectivity index (χ3v) is 4.90. The topological polar surface area (TPSA) is 0 Å². The summed E-state index contributed by atoms with van der Waals surface area (Å²) in [6.45, 7) is 4.71. The first-order chi connectivity index (χ1) is 6.36. The summed E-state index contributed by atoms with van der Waals surface area (Å²) in [5.74, 6) is 4.36. The van der Waals surface area contributed by atoms with Gasteiger partial charge in [-0.1, -0.05) is 25.0 Å². The van der Waals surface area contributed by atoms with Gasteiger partial charge in [-0.05, 0) is 55.8 Å². The number of allylic oxidation sites excluding steroid dienone is 2. The quantitative estimate of drug-likeness (QED) is 0.562. The lowest BCUT2D eigenvalue weighted by atomic mass is 9.60. The summed E-state index contributed by atoms with van der Waals surface area (Å²) in [7, 11) is 0. The van der Waals surface area contributed by atoms with Crippen LogP contribution in [-0.2, 0) is 0 Å². The fraction of sp³-hybridized carbons (Fsp3) is 0.846. The van der Waals surface area contributed by atoms with Crippen molar-refractivity contribution >= 4 is 0 Å². The smallest absolute Gasteiger partial charge is 0.0104 e. The van der Waals surface area contributed by atoms with E-state index >= 15 is 0 Å². The van der Waals surface area contributed by atoms with Gasteiger partial charge in [0.1, 0.15) is 0 Å². The van der Waals surface area contributed by atoms with Crippen molar-refractivity contribution in [2.45, 2.75) is 46.0 Å². The van der Waals surface area contributed by atoms with Gasteiger partial charge in [0.05, 0.1) is 0 Å². The van der Waals surface area contributed by atoms with E-state index in [2.05, 4.69) is 13.8 Å². The molecule has 0 aromatic rings. The van der Waals surface area contributed by atoms with Crippen LogP contribution in [0, 0.1) is 23.7 Å². The van der Waals surface area contributed by atoms with Crippen LogP contribution in [0.25, 0.3) is 0 Å². The Hall–Kier alpha value is -0.260. The number of rotatable bonds is 2. The highest BCUT2D eigenvalue weighted by atomic mass is 14.6. The van der Waals surface area contributed by atoms with Crippen molar-refractivity contribution in [1.82, 2.24) is 0 Å². The molecule has 0 spiro atoms. The molecular weight excluding hydrogens is 156 g/mol. The molecule has 4 unspecified atom stereocenters. The normalized spacial score (nSPS) is 46.6. The molecule has 0 heterocycles. The summed E-state index contributed by atoms with van der Waals surface area (Å²) in [5.41, 5.74) is 3.75. The first kappa shape index (κ1) is 8.08. The highest BCUT2D eigenvalue weighted by Crippen LogP contribution is 2.64. The minimum absolute atomic E-state index is 1.07. The second-order valence-electron chi connectivity index (χ2n) is 5.14. The Bertz CT molecular complexity index is 235. The predicted molar refractivity (Wildman–Crippen MR) is 55.4 cm³/mol. The summed E-state index contributed by atoms with van der Waals surface area (Å²) in [5, 5.41) is 0. The van der Waals surface area contributed by atoms with E-state index in [0.29, 0.717) is 0 Å². The zero-order chi connectivity index (χ0) is 9.00. The van der Waals surface area contributed by atoms with E-state index in [1.807, 2.05) is 11.1 Å². The zero-order valence-corrected chi connectivity index (χ0v) is 8.84. The maximum absolute atomic E-state index is 2.35. The lowest BCUT2D eigenvalue weighted by molar-refractivity contribution is 0.234. The second kappa shape index (κ2) is 2.62. The summed E-state index contributed by atoms with van der Waals surface area (Å²) in [4.78, 5) is 0. The molecule has 4 atom stereocenters. The molecule has 2 fully saturated rings. The molecule has 0 aromatic heterocycles. The van der Waals surface area contributed by atoms with Crippen LogP contribution >= 0.6 is 0 Å². The van der Waals surface area contributed by atoms with Gasteiger partial charge in [-0.3, -0.25) is 0 Å². The van der Waals surface area contributed by atoms with Crippen molar-refractivity contribution in [3.05, 3.63) is 11.1 Å². The maximum atomic E-state index is 2.35. The molecular formula is C13H20. The van der Waals surface area contributed by atoms with Crippen LogP contribution in [0.2, 0.25) is 0 Å². The standard InChI is InChI=1S/C13H20/c1-3-10-11(4-2)13-9-6-5-8(7-9)12(10)13/h8-9,12-13H,3-7H2,1-2H3. The Morgan fingerprint density at radius 1 is 0.923 bits per heavy atom. The molecule has 0 aromatic carbocycles. The van der Waals surface area contributed by atoms with E-state index in [9.17, 15) is 0 Å². The molecule has 0 radical (unpaired) electrons. The van der Waals surface area contributed by atoms with Gasteiger partial charge in [0.15, 0.2) is 0 Å². The summed E-state index contributed by atoms with van der Waals surface area (Å²) in [6.07, 6.45) is 7.35. The van der Waals surface area contributed by atoms with E-state index in [-0.39, 0.29) is 0 Å². The van der Waals surface area contributed by atoms with Crippen molar-refractivity contribution in [3.8, 4) is 0 Å². The van der Waals surface area contributed by atoms with Crippen LogP contribution in [0.15, 0.2) is 11.1 Å². The maximum Gasteiger partial charge on any atom is -0.0104 e. The lowest BCUT2D eigenvalue weighted by Gasteiger charge is -2.45. The lowest BCUT2D eigenvalue weighted by Crippen LogP contribution is -2.35. The fourth-order valence-electron chi connectivity index (χ4n) is 4.55. The van der Waals surface area contributed by atoms with E-state index < -0.39 is 0 Å². The molecule has 0 aliphatic heterocycles. The SMILES string of the molecule is CCC1=C(CC)C2C3CCC(C3)C12. The molecule has 3 aliphatic carbocycles. The van der Waals surface area contributed by atoms with Gasteiger partial charge in [-0.2, -0.15) is 0 Å². The van der Waals surface area contributed by atoms with Crippen LogP contribution in [0.3, 0.4) is 0 Å². The molecule has 3 aliphatic rings. The van der Waals surface area contributed by atoms with Crippen LogP contribution in [0.5, 0.6) is 0 Å². The van der Waals surface area contributed by atoms with Gasteiger partial charge >= 0.3 is 0 Å². The van der Waals surface area contributed by atoms with E-state index in [1.165, 1.54) is 12.8 Å². The summed E-state index contributed by atoms with van der Waals surface area (Å²) < 4.78 is 0. The second-order valence-corrected chi connectivity index (χ2v) is 5.14. The van der Waals surface area contributed by atoms with Crippen molar-refractivity contribution in [2.24, 2.45) is 23.7 Å². The third kappa shape index (κ3) is 0.825. The highest BCUT2D eigenvalue weighted by molar-refractivity contribution is 5.37. The highest BCUT2D eigenvalue weighted by Gasteiger charge is 2.55. The van der Waals surface area contributed by atoms with Crippen molar-refractivity contribution in [3.63, 3.8) is 0 Å². The Morgan fingerprint density at radius 2 is 1.38 bits per heavy atom. The Morgan fingerprint density at radius 3 is 1.77 bits per heavy atom. The van der Waals surface area contributed by atoms with E-state index in [1.54, 1.807) is 19.3 Å². The minimum Gasteiger partial charge on any atom is -0.0670 e. The van der Waals surface area contributed by atoms with E-state index in [4.69, 9.17) is 0 Å². The van der Waals surface area contributed by atoms with Gasteiger partial charge in [-0.15, -0.1) is 0 Å². The molecule has 0 heteroatoms. The molecule has 2 bridgehead atoms. The monoisotopic (exact) mass is 176 g/mol. The molecule has 2 saturated carbocycles. The van der Waals surface area contributed by atoms with Crippen molar-refractivity contribution in [1.29, 1.82) is 0 Å². The summed E-state index contributed by atoms with van der Waals surface area (Å²) in [6, 6.07) is 0. The van der Waals surface area contributed by atoms with Gasteiger partial charge in [0.25, 0.3) is 0 Å². The largest absolute Gasteiger partial charge is 0.0670 e. The van der Waals surface area contributed by atoms with Gasteiger partial charge in [0, 0.05) is 0 Å². The van der Waals surface area contributed by atoms with Crippen LogP contribution in [-0.4, -0.2) is 0 Å². The predicted octanol–water partition coefficient (Wildman–Crippen LogP) is 3.78. The number of hydrogen-bond donors (Lipinski definition) is 0. The average molecular weight is 176 g/mol. The van der Waals surface area contributed by atoms with Crippen molar-refractivity contribution < 1.29 is 0 Å². The number of fused-ring (bicyclic) bond motifs is 5. The van der Waals surface area contributed by atoms with E-state index in [0.717, 1.165) is 23.7 Å². The van der Waals surface area contributed by atoms with Crippen molar-refractivity contribution in [2.75, 3.05) is 0 Å². The first-order valence-electron chi connectivity index (χ1n) is 6.08. The molecule has 0 nitrogen and oxygen atoms in total. The fourth-order valence-corrected chi connectivity index (χ4v) is 4.55. The molecule has 0 N–H and O–H groups in total.